The van der Waals surface area contributed by atoms with Crippen LogP contribution in [0.2, 0.25) is 5.02 Å². The van der Waals surface area contributed by atoms with Gasteiger partial charge in [-0.05, 0) is 47.9 Å². The Hall–Kier alpha value is -3.33. The molecule has 0 aromatic heterocycles. The number of aliphatic hydroxyl groups is 1. The van der Waals surface area contributed by atoms with Crippen LogP contribution in [-0.4, -0.2) is 16.0 Å². The lowest BCUT2D eigenvalue weighted by atomic mass is 9.99. The first kappa shape index (κ1) is 20.4. The van der Waals surface area contributed by atoms with Crippen molar-refractivity contribution in [1.82, 2.24) is 0 Å². The van der Waals surface area contributed by atoms with Crippen LogP contribution in [0.25, 0.3) is 0 Å². The van der Waals surface area contributed by atoms with Gasteiger partial charge in [0.1, 0.15) is 29.2 Å². The number of halogens is 1. The SMILES string of the molecule is CC(=O)c1ccc(OCc2ccc(C(O)c3cccc(C#N)c3)cc2)c(Cl)c1O. The monoisotopic (exact) mass is 407 g/mol. The predicted molar refractivity (Wildman–Crippen MR) is 109 cm³/mol. The van der Waals surface area contributed by atoms with Gasteiger partial charge in [0.25, 0.3) is 0 Å². The number of nitriles is 1. The molecule has 0 aliphatic carbocycles. The Morgan fingerprint density at radius 2 is 1.86 bits per heavy atom. The highest BCUT2D eigenvalue weighted by atomic mass is 35.5. The molecule has 0 aliphatic heterocycles. The van der Waals surface area contributed by atoms with E-state index < -0.39 is 6.10 Å². The lowest BCUT2D eigenvalue weighted by Crippen LogP contribution is -2.02. The number of ketones is 1. The summed E-state index contributed by atoms with van der Waals surface area (Å²) in [5.41, 5.74) is 2.78. The van der Waals surface area contributed by atoms with Gasteiger partial charge in [-0.25, -0.2) is 0 Å². The molecule has 0 heterocycles. The molecule has 3 rings (SSSR count). The first-order valence-corrected chi connectivity index (χ1v) is 9.20. The standard InChI is InChI=1S/C23H18ClNO4/c1-14(26)19-9-10-20(21(24)23(19)28)29-13-15-5-7-17(8-6-15)22(27)18-4-2-3-16(11-18)12-25/h2-11,22,27-28H,13H2,1H3. The van der Waals surface area contributed by atoms with Crippen LogP contribution in [0.15, 0.2) is 60.7 Å². The van der Waals surface area contributed by atoms with Crippen molar-refractivity contribution in [2.75, 3.05) is 0 Å². The molecular formula is C23H18ClNO4. The van der Waals surface area contributed by atoms with Gasteiger partial charge >= 0.3 is 0 Å². The predicted octanol–water partition coefficient (Wildman–Crippen LogP) is 4.78. The van der Waals surface area contributed by atoms with E-state index in [4.69, 9.17) is 21.6 Å². The van der Waals surface area contributed by atoms with E-state index in [1.807, 2.05) is 12.1 Å². The molecule has 3 aromatic carbocycles. The van der Waals surface area contributed by atoms with Gasteiger partial charge in [-0.2, -0.15) is 5.26 Å². The molecule has 146 valence electrons. The number of hydrogen-bond donors (Lipinski definition) is 2. The van der Waals surface area contributed by atoms with Crippen molar-refractivity contribution >= 4 is 17.4 Å². The van der Waals surface area contributed by atoms with E-state index >= 15 is 0 Å². The quantitative estimate of drug-likeness (QED) is 0.574. The number of nitrogens with zero attached hydrogens (tertiary/aromatic N) is 1. The van der Waals surface area contributed by atoms with Crippen LogP contribution in [0.5, 0.6) is 11.5 Å². The minimum Gasteiger partial charge on any atom is -0.505 e. The molecule has 3 aromatic rings. The molecule has 0 spiro atoms. The minimum atomic E-state index is -0.844. The third kappa shape index (κ3) is 4.57. The summed E-state index contributed by atoms with van der Waals surface area (Å²) in [4.78, 5) is 11.4. The number of ether oxygens (including phenoxy) is 1. The first-order chi connectivity index (χ1) is 13.9. The van der Waals surface area contributed by atoms with Crippen molar-refractivity contribution in [2.24, 2.45) is 0 Å². The Labute approximate surface area is 173 Å². The Morgan fingerprint density at radius 3 is 2.52 bits per heavy atom. The van der Waals surface area contributed by atoms with Crippen molar-refractivity contribution in [1.29, 1.82) is 5.26 Å². The number of carbonyl (C=O) groups is 1. The van der Waals surface area contributed by atoms with Gasteiger partial charge in [-0.3, -0.25) is 4.79 Å². The Kier molecular flexibility index (Phi) is 6.18. The smallest absolute Gasteiger partial charge is 0.163 e. The average molecular weight is 408 g/mol. The lowest BCUT2D eigenvalue weighted by molar-refractivity contribution is 0.101. The molecule has 29 heavy (non-hydrogen) atoms. The molecule has 0 aliphatic rings. The largest absolute Gasteiger partial charge is 0.505 e. The van der Waals surface area contributed by atoms with Crippen LogP contribution in [0.3, 0.4) is 0 Å². The second kappa shape index (κ2) is 8.78. The van der Waals surface area contributed by atoms with Crippen LogP contribution < -0.4 is 4.74 Å². The molecule has 0 saturated carbocycles. The molecule has 0 bridgehead atoms. The molecule has 0 fully saturated rings. The van der Waals surface area contributed by atoms with E-state index in [1.54, 1.807) is 42.5 Å². The number of phenolic OH excluding ortho intramolecular Hbond substituents is 1. The van der Waals surface area contributed by atoms with E-state index in [0.717, 1.165) is 5.56 Å². The van der Waals surface area contributed by atoms with E-state index in [2.05, 4.69) is 6.07 Å². The third-order valence-electron chi connectivity index (χ3n) is 4.48. The summed E-state index contributed by atoms with van der Waals surface area (Å²) in [7, 11) is 0. The fourth-order valence-corrected chi connectivity index (χ4v) is 3.09. The topological polar surface area (TPSA) is 90.5 Å². The summed E-state index contributed by atoms with van der Waals surface area (Å²) >= 11 is 6.08. The maximum Gasteiger partial charge on any atom is 0.163 e. The van der Waals surface area contributed by atoms with Gasteiger partial charge < -0.3 is 14.9 Å². The van der Waals surface area contributed by atoms with Crippen LogP contribution in [0.4, 0.5) is 0 Å². The van der Waals surface area contributed by atoms with Gasteiger partial charge in [0.05, 0.1) is 17.2 Å². The Balaban J connectivity index is 1.70. The number of aliphatic hydroxyl groups excluding tert-OH is 1. The lowest BCUT2D eigenvalue weighted by Gasteiger charge is -2.13. The normalized spacial score (nSPS) is 11.5. The number of phenols is 1. The summed E-state index contributed by atoms with van der Waals surface area (Å²) < 4.78 is 5.65. The fourth-order valence-electron chi connectivity index (χ4n) is 2.87. The Bertz CT molecular complexity index is 1090. The van der Waals surface area contributed by atoms with Gasteiger partial charge in [0.2, 0.25) is 0 Å². The zero-order valence-corrected chi connectivity index (χ0v) is 16.3. The minimum absolute atomic E-state index is 0.0119. The summed E-state index contributed by atoms with van der Waals surface area (Å²) in [5.74, 6) is -0.313. The first-order valence-electron chi connectivity index (χ1n) is 8.83. The zero-order chi connectivity index (χ0) is 21.0. The third-order valence-corrected chi connectivity index (χ3v) is 4.85. The fraction of sp³-hybridized carbons (Fsp3) is 0.130. The maximum absolute atomic E-state index is 11.4. The van der Waals surface area contributed by atoms with Gasteiger partial charge in [-0.1, -0.05) is 48.0 Å². The molecule has 1 atom stereocenters. The Morgan fingerprint density at radius 1 is 1.14 bits per heavy atom. The molecule has 5 nitrogen and oxygen atoms in total. The second-order valence-corrected chi connectivity index (χ2v) is 6.88. The molecule has 1 unspecified atom stereocenters. The molecular weight excluding hydrogens is 390 g/mol. The number of rotatable bonds is 6. The van der Waals surface area contributed by atoms with Crippen molar-refractivity contribution in [3.8, 4) is 17.6 Å². The highest BCUT2D eigenvalue weighted by molar-refractivity contribution is 6.34. The molecule has 0 saturated heterocycles. The van der Waals surface area contributed by atoms with Crippen molar-refractivity contribution < 1.29 is 19.7 Å². The van der Waals surface area contributed by atoms with Crippen LogP contribution >= 0.6 is 11.6 Å². The van der Waals surface area contributed by atoms with Crippen LogP contribution in [-0.2, 0) is 6.61 Å². The number of hydrogen-bond acceptors (Lipinski definition) is 5. The van der Waals surface area contributed by atoms with Crippen molar-refractivity contribution in [2.45, 2.75) is 19.6 Å². The van der Waals surface area contributed by atoms with Gasteiger partial charge in [-0.15, -0.1) is 0 Å². The number of carbonyl (C=O) groups excluding carboxylic acids is 1. The van der Waals surface area contributed by atoms with Crippen LogP contribution in [0, 0.1) is 11.3 Å². The summed E-state index contributed by atoms with van der Waals surface area (Å²) in [6.07, 6.45) is -0.844. The summed E-state index contributed by atoms with van der Waals surface area (Å²) in [5, 5.41) is 29.5. The number of aromatic hydroxyl groups is 1. The highest BCUT2D eigenvalue weighted by Crippen LogP contribution is 2.36. The van der Waals surface area contributed by atoms with E-state index in [-0.39, 0.29) is 34.5 Å². The number of Topliss-reactive ketones (excluding diaryl/α,β-unsaturated/α-hetero) is 1. The highest BCUT2D eigenvalue weighted by Gasteiger charge is 2.15. The average Bonchev–Trinajstić information content (AvgIpc) is 2.74. The van der Waals surface area contributed by atoms with Gasteiger partial charge in [0.15, 0.2) is 5.78 Å². The van der Waals surface area contributed by atoms with Crippen LogP contribution in [0.1, 0.15) is 45.6 Å². The van der Waals surface area contributed by atoms with Crippen molar-refractivity contribution in [3.63, 3.8) is 0 Å². The molecule has 6 heteroatoms. The maximum atomic E-state index is 11.4. The molecule has 0 radical (unpaired) electrons. The number of benzene rings is 3. The molecule has 0 amide bonds. The van der Waals surface area contributed by atoms with Gasteiger partial charge in [0, 0.05) is 0 Å². The summed E-state index contributed by atoms with van der Waals surface area (Å²) in [6, 6.07) is 19.1. The van der Waals surface area contributed by atoms with E-state index in [9.17, 15) is 15.0 Å². The van der Waals surface area contributed by atoms with Crippen molar-refractivity contribution in [3.05, 3.63) is 93.5 Å². The zero-order valence-electron chi connectivity index (χ0n) is 15.6. The van der Waals surface area contributed by atoms with E-state index in [0.29, 0.717) is 16.7 Å². The molecule has 2 N–H and O–H groups in total. The second-order valence-electron chi connectivity index (χ2n) is 6.50. The van der Waals surface area contributed by atoms with E-state index in [1.165, 1.54) is 13.0 Å². The summed E-state index contributed by atoms with van der Waals surface area (Å²) in [6.45, 7) is 1.54.